The molecule has 21 heavy (non-hydrogen) atoms. The van der Waals surface area contributed by atoms with Crippen molar-refractivity contribution >= 4 is 17.3 Å². The highest BCUT2D eigenvalue weighted by atomic mass is 35.5. The number of anilines is 1. The minimum absolute atomic E-state index is 0.534. The van der Waals surface area contributed by atoms with Gasteiger partial charge < -0.3 is 10.5 Å². The molecule has 6 nitrogen and oxygen atoms in total. The van der Waals surface area contributed by atoms with Gasteiger partial charge in [-0.3, -0.25) is 0 Å². The van der Waals surface area contributed by atoms with E-state index < -0.39 is 0 Å². The van der Waals surface area contributed by atoms with E-state index in [0.717, 1.165) is 13.0 Å². The van der Waals surface area contributed by atoms with Crippen LogP contribution < -0.4 is 5.73 Å². The molecule has 0 atom stereocenters. The van der Waals surface area contributed by atoms with Crippen LogP contribution in [-0.4, -0.2) is 33.4 Å². The van der Waals surface area contributed by atoms with Gasteiger partial charge in [0.2, 0.25) is 0 Å². The molecule has 0 unspecified atom stereocenters. The largest absolute Gasteiger partial charge is 0.398 e. The first-order chi connectivity index (χ1) is 10.1. The van der Waals surface area contributed by atoms with Crippen LogP contribution in [0.3, 0.4) is 0 Å². The molecule has 0 saturated heterocycles. The van der Waals surface area contributed by atoms with Crippen LogP contribution in [0, 0.1) is 5.92 Å². The van der Waals surface area contributed by atoms with Crippen molar-refractivity contribution in [2.45, 2.75) is 26.8 Å². The molecule has 0 amide bonds. The Morgan fingerprint density at radius 2 is 2.14 bits per heavy atom. The summed E-state index contributed by atoms with van der Waals surface area (Å²) < 4.78 is 7.25. The first-order valence-corrected chi connectivity index (χ1v) is 7.35. The minimum atomic E-state index is 0.534. The Morgan fingerprint density at radius 1 is 1.33 bits per heavy atom. The number of hydrogen-bond donors (Lipinski definition) is 1. The molecule has 1 aromatic heterocycles. The van der Waals surface area contributed by atoms with Crippen molar-refractivity contribution < 1.29 is 4.74 Å². The molecular weight excluding hydrogens is 290 g/mol. The quantitative estimate of drug-likeness (QED) is 0.628. The molecule has 7 heteroatoms. The third kappa shape index (κ3) is 4.15. The third-order valence-electron chi connectivity index (χ3n) is 3.09. The Labute approximate surface area is 129 Å². The smallest absolute Gasteiger partial charge is 0.185 e. The minimum Gasteiger partial charge on any atom is -0.398 e. The van der Waals surface area contributed by atoms with E-state index in [4.69, 9.17) is 22.1 Å². The van der Waals surface area contributed by atoms with Crippen molar-refractivity contribution in [2.75, 3.05) is 18.9 Å². The molecule has 1 heterocycles. The van der Waals surface area contributed by atoms with Gasteiger partial charge in [0.1, 0.15) is 0 Å². The molecule has 2 N–H and O–H groups in total. The lowest BCUT2D eigenvalue weighted by Crippen LogP contribution is -2.11. The van der Waals surface area contributed by atoms with E-state index >= 15 is 0 Å². The highest BCUT2D eigenvalue weighted by Gasteiger charge is 2.15. The zero-order chi connectivity index (χ0) is 15.2. The maximum Gasteiger partial charge on any atom is 0.185 e. The predicted octanol–water partition coefficient (Wildman–Crippen LogP) is 2.64. The summed E-state index contributed by atoms with van der Waals surface area (Å²) in [7, 11) is 0. The highest BCUT2D eigenvalue weighted by Crippen LogP contribution is 2.31. The number of hydrogen-bond acceptors (Lipinski definition) is 5. The number of aromatic nitrogens is 4. The zero-order valence-electron chi connectivity index (χ0n) is 12.3. The molecular formula is C14H20ClN5O. The maximum atomic E-state index is 6.19. The van der Waals surface area contributed by atoms with E-state index in [2.05, 4.69) is 29.4 Å². The Morgan fingerprint density at radius 3 is 2.86 bits per heavy atom. The fourth-order valence-electron chi connectivity index (χ4n) is 1.88. The molecule has 0 spiro atoms. The molecule has 2 aromatic rings. The van der Waals surface area contributed by atoms with Crippen LogP contribution in [0.4, 0.5) is 5.69 Å². The molecule has 2 rings (SSSR count). The van der Waals surface area contributed by atoms with Crippen LogP contribution in [-0.2, 0) is 11.3 Å². The van der Waals surface area contributed by atoms with Crippen molar-refractivity contribution in [2.24, 2.45) is 5.92 Å². The second-order valence-corrected chi connectivity index (χ2v) is 5.63. The lowest BCUT2D eigenvalue weighted by Gasteiger charge is -2.09. The predicted molar refractivity (Wildman–Crippen MR) is 82.9 cm³/mol. The fourth-order valence-corrected chi connectivity index (χ4v) is 2.15. The summed E-state index contributed by atoms with van der Waals surface area (Å²) >= 11 is 6.19. The van der Waals surface area contributed by atoms with Gasteiger partial charge in [0.05, 0.1) is 23.7 Å². The van der Waals surface area contributed by atoms with E-state index in [-0.39, 0.29) is 0 Å². The van der Waals surface area contributed by atoms with Crippen molar-refractivity contribution in [1.29, 1.82) is 0 Å². The second kappa shape index (κ2) is 7.38. The zero-order valence-corrected chi connectivity index (χ0v) is 13.0. The van der Waals surface area contributed by atoms with Gasteiger partial charge in [-0.2, -0.15) is 0 Å². The summed E-state index contributed by atoms with van der Waals surface area (Å²) in [5.74, 6) is 1.20. The van der Waals surface area contributed by atoms with E-state index in [9.17, 15) is 0 Å². The molecule has 0 aliphatic heterocycles. The van der Waals surface area contributed by atoms with Crippen LogP contribution in [0.25, 0.3) is 11.4 Å². The summed E-state index contributed by atoms with van der Waals surface area (Å²) in [6, 6.07) is 5.34. The molecule has 1 aromatic carbocycles. The van der Waals surface area contributed by atoms with Crippen LogP contribution in [0.15, 0.2) is 18.2 Å². The fraction of sp³-hybridized carbons (Fsp3) is 0.500. The molecule has 0 bridgehead atoms. The Hall–Kier alpha value is -1.66. The number of benzene rings is 1. The van der Waals surface area contributed by atoms with Crippen LogP contribution >= 0.6 is 11.6 Å². The molecule has 0 aliphatic carbocycles. The third-order valence-corrected chi connectivity index (χ3v) is 3.40. The standard InChI is InChI=1S/C14H20ClN5O/c1-10(2)6-8-21-9-7-20-14(17-18-19-20)13-11(15)4-3-5-12(13)16/h3-5,10H,6-9,16H2,1-2H3. The van der Waals surface area contributed by atoms with Crippen molar-refractivity contribution in [1.82, 2.24) is 20.2 Å². The number of halogens is 1. The second-order valence-electron chi connectivity index (χ2n) is 5.22. The lowest BCUT2D eigenvalue weighted by atomic mass is 10.1. The monoisotopic (exact) mass is 309 g/mol. The summed E-state index contributed by atoms with van der Waals surface area (Å²) in [6.45, 7) is 6.19. The topological polar surface area (TPSA) is 78.8 Å². The van der Waals surface area contributed by atoms with Crippen molar-refractivity contribution in [3.63, 3.8) is 0 Å². The van der Waals surface area contributed by atoms with E-state index in [0.29, 0.717) is 41.2 Å². The summed E-state index contributed by atoms with van der Waals surface area (Å²) in [5.41, 5.74) is 7.18. The van der Waals surface area contributed by atoms with Crippen LogP contribution in [0.2, 0.25) is 5.02 Å². The number of nitrogens with zero attached hydrogens (tertiary/aromatic N) is 4. The van der Waals surface area contributed by atoms with Crippen molar-refractivity contribution in [3.05, 3.63) is 23.2 Å². The Bertz CT molecular complexity index is 564. The van der Waals surface area contributed by atoms with Gasteiger partial charge in [0.25, 0.3) is 0 Å². The first kappa shape index (κ1) is 15.7. The Kier molecular flexibility index (Phi) is 5.52. The van der Waals surface area contributed by atoms with Crippen LogP contribution in [0.5, 0.6) is 0 Å². The SMILES string of the molecule is CC(C)CCOCCn1nnnc1-c1c(N)cccc1Cl. The summed E-state index contributed by atoms with van der Waals surface area (Å²) in [5, 5.41) is 12.2. The van der Waals surface area contributed by atoms with Gasteiger partial charge in [-0.25, -0.2) is 4.68 Å². The van der Waals surface area contributed by atoms with Gasteiger partial charge >= 0.3 is 0 Å². The number of nitrogens with two attached hydrogens (primary N) is 1. The van der Waals surface area contributed by atoms with E-state index in [1.807, 2.05) is 0 Å². The normalized spacial score (nSPS) is 11.2. The van der Waals surface area contributed by atoms with Gasteiger partial charge in [-0.15, -0.1) is 5.10 Å². The molecule has 0 saturated carbocycles. The number of tetrazole rings is 1. The van der Waals surface area contributed by atoms with E-state index in [1.54, 1.807) is 22.9 Å². The van der Waals surface area contributed by atoms with Gasteiger partial charge in [0, 0.05) is 12.3 Å². The molecule has 114 valence electrons. The van der Waals surface area contributed by atoms with Gasteiger partial charge in [0.15, 0.2) is 5.82 Å². The van der Waals surface area contributed by atoms with Crippen molar-refractivity contribution in [3.8, 4) is 11.4 Å². The molecule has 0 fully saturated rings. The Balaban J connectivity index is 2.02. The molecule has 0 radical (unpaired) electrons. The maximum absolute atomic E-state index is 6.19. The van der Waals surface area contributed by atoms with E-state index in [1.165, 1.54) is 0 Å². The number of nitrogen functional groups attached to an aromatic ring is 1. The number of rotatable bonds is 7. The van der Waals surface area contributed by atoms with Gasteiger partial charge in [-0.05, 0) is 34.9 Å². The first-order valence-electron chi connectivity index (χ1n) is 6.98. The summed E-state index contributed by atoms with van der Waals surface area (Å²) in [6.07, 6.45) is 1.04. The number of ether oxygens (including phenoxy) is 1. The lowest BCUT2D eigenvalue weighted by molar-refractivity contribution is 0.114. The average molecular weight is 310 g/mol. The van der Waals surface area contributed by atoms with Crippen LogP contribution in [0.1, 0.15) is 20.3 Å². The summed E-state index contributed by atoms with van der Waals surface area (Å²) in [4.78, 5) is 0. The average Bonchev–Trinajstić information content (AvgIpc) is 2.86. The molecule has 0 aliphatic rings. The highest BCUT2D eigenvalue weighted by molar-refractivity contribution is 6.33. The van der Waals surface area contributed by atoms with Gasteiger partial charge in [-0.1, -0.05) is 31.5 Å².